The largest absolute Gasteiger partial charge is 0.493 e. The molecule has 1 saturated carbocycles. The minimum absolute atomic E-state index is 0. The van der Waals surface area contributed by atoms with E-state index >= 15 is 0 Å². The van der Waals surface area contributed by atoms with E-state index in [0.717, 1.165) is 19.3 Å². The number of benzene rings is 1. The number of nitrogens with one attached hydrogen (secondary N) is 1. The van der Waals surface area contributed by atoms with Crippen LogP contribution in [0, 0.1) is 0 Å². The zero-order valence-electron chi connectivity index (χ0n) is 11.8. The molecule has 0 heterocycles. The van der Waals surface area contributed by atoms with Crippen LogP contribution in [-0.4, -0.2) is 25.2 Å². The molecular formula is C14H21ClN2O3. The number of carbonyl (C=O) groups excluding carboxylic acids is 1. The van der Waals surface area contributed by atoms with Gasteiger partial charge in [-0.2, -0.15) is 0 Å². The van der Waals surface area contributed by atoms with Crippen LogP contribution in [-0.2, 0) is 4.79 Å². The summed E-state index contributed by atoms with van der Waals surface area (Å²) in [5.74, 6) is 1.12. The van der Waals surface area contributed by atoms with Crippen molar-refractivity contribution in [1.29, 1.82) is 0 Å². The van der Waals surface area contributed by atoms with Gasteiger partial charge in [0.05, 0.1) is 19.3 Å². The summed E-state index contributed by atoms with van der Waals surface area (Å²) in [7, 11) is 1.57. The van der Waals surface area contributed by atoms with Crippen LogP contribution < -0.4 is 20.5 Å². The van der Waals surface area contributed by atoms with E-state index < -0.39 is 5.54 Å². The van der Waals surface area contributed by atoms with Gasteiger partial charge in [-0.1, -0.05) is 0 Å². The van der Waals surface area contributed by atoms with Crippen molar-refractivity contribution >= 4 is 24.0 Å². The molecule has 0 unspecified atom stereocenters. The molecule has 0 saturated heterocycles. The molecule has 2 rings (SSSR count). The first kappa shape index (κ1) is 16.6. The summed E-state index contributed by atoms with van der Waals surface area (Å²) in [5, 5.41) is 2.83. The molecule has 1 amide bonds. The van der Waals surface area contributed by atoms with E-state index in [4.69, 9.17) is 15.2 Å². The van der Waals surface area contributed by atoms with Gasteiger partial charge in [0.1, 0.15) is 0 Å². The van der Waals surface area contributed by atoms with Crippen LogP contribution in [0.5, 0.6) is 11.5 Å². The number of carbonyl (C=O) groups is 1. The van der Waals surface area contributed by atoms with Gasteiger partial charge in [-0.05, 0) is 38.3 Å². The summed E-state index contributed by atoms with van der Waals surface area (Å²) in [5.41, 5.74) is 5.94. The lowest BCUT2D eigenvalue weighted by molar-refractivity contribution is -0.123. The van der Waals surface area contributed by atoms with Crippen molar-refractivity contribution in [2.75, 3.05) is 19.0 Å². The van der Waals surface area contributed by atoms with Gasteiger partial charge in [0, 0.05) is 11.8 Å². The van der Waals surface area contributed by atoms with Gasteiger partial charge in [-0.25, -0.2) is 0 Å². The topological polar surface area (TPSA) is 73.6 Å². The predicted octanol–water partition coefficient (Wildman–Crippen LogP) is 2.34. The number of nitrogens with two attached hydrogens (primary N) is 1. The Kier molecular flexibility index (Phi) is 5.65. The Morgan fingerprint density at radius 1 is 1.40 bits per heavy atom. The number of hydrogen-bond donors (Lipinski definition) is 2. The minimum Gasteiger partial charge on any atom is -0.493 e. The van der Waals surface area contributed by atoms with Crippen molar-refractivity contribution < 1.29 is 14.3 Å². The molecular weight excluding hydrogens is 280 g/mol. The maximum absolute atomic E-state index is 12.0. The summed E-state index contributed by atoms with van der Waals surface area (Å²) < 4.78 is 10.7. The molecule has 0 radical (unpaired) electrons. The van der Waals surface area contributed by atoms with Gasteiger partial charge >= 0.3 is 0 Å². The van der Waals surface area contributed by atoms with Crippen LogP contribution in [0.2, 0.25) is 0 Å². The van der Waals surface area contributed by atoms with Crippen molar-refractivity contribution in [2.24, 2.45) is 5.73 Å². The van der Waals surface area contributed by atoms with Crippen LogP contribution in [0.3, 0.4) is 0 Å². The average Bonchev–Trinajstić information content (AvgIpc) is 2.37. The zero-order chi connectivity index (χ0) is 13.9. The Labute approximate surface area is 125 Å². The Bertz CT molecular complexity index is 475. The molecule has 6 heteroatoms. The van der Waals surface area contributed by atoms with Crippen molar-refractivity contribution in [3.05, 3.63) is 18.2 Å². The molecule has 0 spiro atoms. The first-order chi connectivity index (χ1) is 9.09. The highest BCUT2D eigenvalue weighted by molar-refractivity contribution is 5.98. The van der Waals surface area contributed by atoms with Crippen LogP contribution in [0.4, 0.5) is 5.69 Å². The van der Waals surface area contributed by atoms with Crippen molar-refractivity contribution in [3.63, 3.8) is 0 Å². The average molecular weight is 301 g/mol. The van der Waals surface area contributed by atoms with Crippen LogP contribution in [0.25, 0.3) is 0 Å². The van der Waals surface area contributed by atoms with Gasteiger partial charge in [-0.15, -0.1) is 12.4 Å². The first-order valence-corrected chi connectivity index (χ1v) is 6.50. The smallest absolute Gasteiger partial charge is 0.244 e. The monoisotopic (exact) mass is 300 g/mol. The third-order valence-electron chi connectivity index (χ3n) is 3.42. The number of halogens is 1. The highest BCUT2D eigenvalue weighted by Crippen LogP contribution is 2.33. The lowest BCUT2D eigenvalue weighted by Gasteiger charge is -2.36. The SMILES string of the molecule is CCOc1ccc(NC(=O)C2(N)CCC2)cc1OC.Cl. The molecule has 20 heavy (non-hydrogen) atoms. The van der Waals surface area contributed by atoms with Gasteiger partial charge in [0.2, 0.25) is 5.91 Å². The summed E-state index contributed by atoms with van der Waals surface area (Å²) in [4.78, 5) is 12.0. The molecule has 1 aromatic rings. The lowest BCUT2D eigenvalue weighted by Crippen LogP contribution is -2.56. The molecule has 3 N–H and O–H groups in total. The Morgan fingerprint density at radius 3 is 2.60 bits per heavy atom. The molecule has 5 nitrogen and oxygen atoms in total. The van der Waals surface area contributed by atoms with E-state index in [1.54, 1.807) is 25.3 Å². The first-order valence-electron chi connectivity index (χ1n) is 6.50. The van der Waals surface area contributed by atoms with E-state index in [1.807, 2.05) is 6.92 Å². The van der Waals surface area contributed by atoms with Gasteiger partial charge in [-0.3, -0.25) is 4.79 Å². The van der Waals surface area contributed by atoms with Crippen molar-refractivity contribution in [3.8, 4) is 11.5 Å². The summed E-state index contributed by atoms with van der Waals surface area (Å²) in [6, 6.07) is 5.31. The third-order valence-corrected chi connectivity index (χ3v) is 3.42. The fourth-order valence-corrected chi connectivity index (χ4v) is 2.06. The summed E-state index contributed by atoms with van der Waals surface area (Å²) in [6.45, 7) is 2.47. The van der Waals surface area contributed by atoms with E-state index in [-0.39, 0.29) is 18.3 Å². The van der Waals surface area contributed by atoms with E-state index in [9.17, 15) is 4.79 Å². The second-order valence-electron chi connectivity index (χ2n) is 4.76. The minimum atomic E-state index is -0.703. The predicted molar refractivity (Wildman–Crippen MR) is 80.8 cm³/mol. The number of anilines is 1. The number of amides is 1. The standard InChI is InChI=1S/C14H20N2O3.ClH/c1-3-19-11-6-5-10(9-12(11)18-2)16-13(17)14(15)7-4-8-14;/h5-6,9H,3-4,7-8,15H2,1-2H3,(H,16,17);1H. The highest BCUT2D eigenvalue weighted by atomic mass is 35.5. The normalized spacial score (nSPS) is 15.6. The van der Waals surface area contributed by atoms with Crippen molar-refractivity contribution in [2.45, 2.75) is 31.7 Å². The van der Waals surface area contributed by atoms with Gasteiger partial charge in [0.15, 0.2) is 11.5 Å². The summed E-state index contributed by atoms with van der Waals surface area (Å²) >= 11 is 0. The third kappa shape index (κ3) is 3.35. The zero-order valence-corrected chi connectivity index (χ0v) is 12.6. The molecule has 0 aromatic heterocycles. The molecule has 0 bridgehead atoms. The van der Waals surface area contributed by atoms with Gasteiger partial charge < -0.3 is 20.5 Å². The van der Waals surface area contributed by atoms with Gasteiger partial charge in [0.25, 0.3) is 0 Å². The molecule has 1 fully saturated rings. The van der Waals surface area contributed by atoms with E-state index in [2.05, 4.69) is 5.32 Å². The number of ether oxygens (including phenoxy) is 2. The maximum atomic E-state index is 12.0. The Hall–Kier alpha value is -1.46. The number of hydrogen-bond acceptors (Lipinski definition) is 4. The molecule has 1 aliphatic rings. The van der Waals surface area contributed by atoms with E-state index in [0.29, 0.717) is 23.8 Å². The lowest BCUT2D eigenvalue weighted by atomic mass is 9.77. The maximum Gasteiger partial charge on any atom is 0.244 e. The second kappa shape index (κ2) is 6.81. The second-order valence-corrected chi connectivity index (χ2v) is 4.76. The van der Waals surface area contributed by atoms with E-state index in [1.165, 1.54) is 0 Å². The molecule has 0 aliphatic heterocycles. The highest BCUT2D eigenvalue weighted by Gasteiger charge is 2.40. The molecule has 1 aromatic carbocycles. The van der Waals surface area contributed by atoms with Crippen molar-refractivity contribution in [1.82, 2.24) is 0 Å². The number of methoxy groups -OCH3 is 1. The number of rotatable bonds is 5. The summed E-state index contributed by atoms with van der Waals surface area (Å²) in [6.07, 6.45) is 2.50. The fourth-order valence-electron chi connectivity index (χ4n) is 2.06. The van der Waals surface area contributed by atoms with Crippen LogP contribution in [0.1, 0.15) is 26.2 Å². The Morgan fingerprint density at radius 2 is 2.10 bits per heavy atom. The molecule has 1 aliphatic carbocycles. The quantitative estimate of drug-likeness (QED) is 0.875. The molecule has 0 atom stereocenters. The molecule has 112 valence electrons. The van der Waals surface area contributed by atoms with Crippen LogP contribution in [0.15, 0.2) is 18.2 Å². The fraction of sp³-hybridized carbons (Fsp3) is 0.500. The Balaban J connectivity index is 0.00000200. The van der Waals surface area contributed by atoms with Crippen LogP contribution >= 0.6 is 12.4 Å².